The van der Waals surface area contributed by atoms with E-state index in [1.807, 2.05) is 6.92 Å². The zero-order valence-electron chi connectivity index (χ0n) is 12.7. The third kappa shape index (κ3) is 4.80. The summed E-state index contributed by atoms with van der Waals surface area (Å²) >= 11 is 6.08. The fourth-order valence-electron chi connectivity index (χ4n) is 2.02. The lowest BCUT2D eigenvalue weighted by atomic mass is 10.3. The minimum absolute atomic E-state index is 0.220. The van der Waals surface area contributed by atoms with Crippen LogP contribution in [0.15, 0.2) is 11.0 Å². The molecule has 6 heteroatoms. The van der Waals surface area contributed by atoms with Crippen molar-refractivity contribution in [3.05, 3.63) is 21.6 Å². The number of nitrogens with one attached hydrogen (secondary N) is 1. The van der Waals surface area contributed by atoms with Crippen molar-refractivity contribution in [1.29, 1.82) is 0 Å². The SMILES string of the molecule is CCCn1ncc(NCCCN(CC)CC)c(Cl)c1=O. The summed E-state index contributed by atoms with van der Waals surface area (Å²) in [6, 6.07) is 0. The van der Waals surface area contributed by atoms with E-state index in [1.165, 1.54) is 4.68 Å². The first-order chi connectivity index (χ1) is 9.63. The molecule has 0 spiro atoms. The van der Waals surface area contributed by atoms with Crippen molar-refractivity contribution in [2.45, 2.75) is 40.2 Å². The Balaban J connectivity index is 2.53. The lowest BCUT2D eigenvalue weighted by Crippen LogP contribution is -2.26. The Hall–Kier alpha value is -1.07. The quantitative estimate of drug-likeness (QED) is 0.712. The predicted molar refractivity (Wildman–Crippen MR) is 84.7 cm³/mol. The maximum absolute atomic E-state index is 11.9. The Morgan fingerprint density at radius 1 is 1.35 bits per heavy atom. The van der Waals surface area contributed by atoms with Gasteiger partial charge in [-0.1, -0.05) is 32.4 Å². The second kappa shape index (κ2) is 8.97. The summed E-state index contributed by atoms with van der Waals surface area (Å²) in [6.45, 7) is 10.9. The number of aromatic nitrogens is 2. The third-order valence-electron chi connectivity index (χ3n) is 3.28. The summed E-state index contributed by atoms with van der Waals surface area (Å²) in [6.07, 6.45) is 3.51. The van der Waals surface area contributed by atoms with E-state index in [4.69, 9.17) is 11.6 Å². The van der Waals surface area contributed by atoms with Gasteiger partial charge in [0.05, 0.1) is 11.9 Å². The Morgan fingerprint density at radius 3 is 2.65 bits per heavy atom. The largest absolute Gasteiger partial charge is 0.382 e. The summed E-state index contributed by atoms with van der Waals surface area (Å²) in [7, 11) is 0. The molecule has 0 fully saturated rings. The molecule has 114 valence electrons. The van der Waals surface area contributed by atoms with Crippen LogP contribution < -0.4 is 10.9 Å². The van der Waals surface area contributed by atoms with E-state index in [0.717, 1.165) is 39.0 Å². The molecule has 1 rings (SSSR count). The van der Waals surface area contributed by atoms with Crippen LogP contribution in [0.1, 0.15) is 33.6 Å². The van der Waals surface area contributed by atoms with Crippen molar-refractivity contribution in [3.63, 3.8) is 0 Å². The van der Waals surface area contributed by atoms with Crippen molar-refractivity contribution in [3.8, 4) is 0 Å². The highest BCUT2D eigenvalue weighted by Crippen LogP contribution is 2.15. The molecular weight excluding hydrogens is 276 g/mol. The first kappa shape index (κ1) is 17.0. The average molecular weight is 301 g/mol. The summed E-state index contributed by atoms with van der Waals surface area (Å²) in [5, 5.41) is 7.55. The number of rotatable bonds is 9. The number of halogens is 1. The summed E-state index contributed by atoms with van der Waals surface area (Å²) in [5.41, 5.74) is 0.408. The lowest BCUT2D eigenvalue weighted by Gasteiger charge is -2.18. The molecule has 1 aromatic rings. The van der Waals surface area contributed by atoms with E-state index in [0.29, 0.717) is 12.2 Å². The normalized spacial score (nSPS) is 11.1. The molecule has 0 saturated heterocycles. The summed E-state index contributed by atoms with van der Waals surface area (Å²) in [4.78, 5) is 14.3. The van der Waals surface area contributed by atoms with Crippen molar-refractivity contribution >= 4 is 17.3 Å². The average Bonchev–Trinajstić information content (AvgIpc) is 2.46. The first-order valence-corrected chi connectivity index (χ1v) is 7.73. The fourth-order valence-corrected chi connectivity index (χ4v) is 2.24. The van der Waals surface area contributed by atoms with Crippen molar-refractivity contribution in [1.82, 2.24) is 14.7 Å². The number of anilines is 1. The van der Waals surface area contributed by atoms with Gasteiger partial charge in [0.15, 0.2) is 0 Å². The molecular formula is C14H25ClN4O. The molecule has 1 aromatic heterocycles. The first-order valence-electron chi connectivity index (χ1n) is 7.35. The van der Waals surface area contributed by atoms with Crippen LogP contribution >= 0.6 is 11.6 Å². The van der Waals surface area contributed by atoms with Crippen LogP contribution in [-0.4, -0.2) is 40.9 Å². The smallest absolute Gasteiger partial charge is 0.287 e. The molecule has 0 aliphatic rings. The minimum atomic E-state index is -0.220. The number of nitrogens with zero attached hydrogens (tertiary/aromatic N) is 3. The maximum Gasteiger partial charge on any atom is 0.287 e. The molecule has 1 N–H and O–H groups in total. The van der Waals surface area contributed by atoms with E-state index in [9.17, 15) is 4.79 Å². The Morgan fingerprint density at radius 2 is 2.05 bits per heavy atom. The molecule has 0 radical (unpaired) electrons. The Kier molecular flexibility index (Phi) is 7.62. The highest BCUT2D eigenvalue weighted by molar-refractivity contribution is 6.32. The van der Waals surface area contributed by atoms with Crippen molar-refractivity contribution in [2.75, 3.05) is 31.5 Å². The van der Waals surface area contributed by atoms with Crippen LogP contribution in [0.3, 0.4) is 0 Å². The Labute approximate surface area is 125 Å². The van der Waals surface area contributed by atoms with Gasteiger partial charge in [0.2, 0.25) is 0 Å². The fraction of sp³-hybridized carbons (Fsp3) is 0.714. The third-order valence-corrected chi connectivity index (χ3v) is 3.65. The molecule has 0 aliphatic carbocycles. The van der Waals surface area contributed by atoms with Gasteiger partial charge in [0.25, 0.3) is 5.56 Å². The monoisotopic (exact) mass is 300 g/mol. The van der Waals surface area contributed by atoms with Gasteiger partial charge in [-0.05, 0) is 32.5 Å². The zero-order chi connectivity index (χ0) is 15.0. The molecule has 20 heavy (non-hydrogen) atoms. The molecule has 0 atom stereocenters. The van der Waals surface area contributed by atoms with Gasteiger partial charge in [-0.15, -0.1) is 0 Å². The van der Waals surface area contributed by atoms with Crippen molar-refractivity contribution in [2.24, 2.45) is 0 Å². The van der Waals surface area contributed by atoms with Crippen LogP contribution in [0.2, 0.25) is 5.02 Å². The minimum Gasteiger partial charge on any atom is -0.382 e. The Bertz CT molecular complexity index is 457. The molecule has 0 unspecified atom stereocenters. The lowest BCUT2D eigenvalue weighted by molar-refractivity contribution is 0.303. The van der Waals surface area contributed by atoms with Gasteiger partial charge >= 0.3 is 0 Å². The highest BCUT2D eigenvalue weighted by atomic mass is 35.5. The van der Waals surface area contributed by atoms with Gasteiger partial charge in [0.1, 0.15) is 5.02 Å². The zero-order valence-corrected chi connectivity index (χ0v) is 13.4. The topological polar surface area (TPSA) is 50.2 Å². The maximum atomic E-state index is 11.9. The summed E-state index contributed by atoms with van der Waals surface area (Å²) < 4.78 is 1.41. The molecule has 0 saturated carbocycles. The number of hydrogen-bond donors (Lipinski definition) is 1. The number of hydrogen-bond acceptors (Lipinski definition) is 4. The molecule has 0 bridgehead atoms. The van der Waals surface area contributed by atoms with E-state index >= 15 is 0 Å². The van der Waals surface area contributed by atoms with Crippen LogP contribution in [0, 0.1) is 0 Å². The van der Waals surface area contributed by atoms with E-state index < -0.39 is 0 Å². The molecule has 0 aromatic carbocycles. The van der Waals surface area contributed by atoms with Gasteiger partial charge in [-0.3, -0.25) is 4.79 Å². The van der Waals surface area contributed by atoms with E-state index in [1.54, 1.807) is 6.20 Å². The molecule has 1 heterocycles. The predicted octanol–water partition coefficient (Wildman–Crippen LogP) is 2.45. The number of aryl methyl sites for hydroxylation is 1. The second-order valence-corrected chi connectivity index (χ2v) is 5.09. The van der Waals surface area contributed by atoms with E-state index in [2.05, 4.69) is 29.2 Å². The highest BCUT2D eigenvalue weighted by Gasteiger charge is 2.08. The summed E-state index contributed by atoms with van der Waals surface area (Å²) in [5.74, 6) is 0. The van der Waals surface area contributed by atoms with Crippen LogP contribution in [0.4, 0.5) is 5.69 Å². The van der Waals surface area contributed by atoms with Crippen LogP contribution in [-0.2, 0) is 6.54 Å². The van der Waals surface area contributed by atoms with E-state index in [-0.39, 0.29) is 10.6 Å². The molecule has 5 nitrogen and oxygen atoms in total. The standard InChI is InChI=1S/C14H25ClN4O/c1-4-9-19-14(20)13(15)12(11-17-19)16-8-7-10-18(5-2)6-3/h11,16H,4-10H2,1-3H3. The van der Waals surface area contributed by atoms with Crippen LogP contribution in [0.5, 0.6) is 0 Å². The van der Waals surface area contributed by atoms with Crippen LogP contribution in [0.25, 0.3) is 0 Å². The van der Waals surface area contributed by atoms with Gasteiger partial charge in [0, 0.05) is 13.1 Å². The second-order valence-electron chi connectivity index (χ2n) is 4.71. The molecule has 0 aliphatic heterocycles. The van der Waals surface area contributed by atoms with Gasteiger partial charge in [-0.25, -0.2) is 4.68 Å². The molecule has 0 amide bonds. The van der Waals surface area contributed by atoms with Gasteiger partial charge < -0.3 is 10.2 Å². The van der Waals surface area contributed by atoms with Gasteiger partial charge in [-0.2, -0.15) is 5.10 Å². The van der Waals surface area contributed by atoms with Crippen molar-refractivity contribution < 1.29 is 0 Å².